The molecule has 0 spiro atoms. The Morgan fingerprint density at radius 2 is 2.00 bits per heavy atom. The molecule has 0 saturated heterocycles. The third-order valence-electron chi connectivity index (χ3n) is 2.00. The van der Waals surface area contributed by atoms with Crippen LogP contribution in [0.15, 0.2) is 18.2 Å². The number of benzene rings is 1. The van der Waals surface area contributed by atoms with Gasteiger partial charge in [-0.1, -0.05) is 13.8 Å². The Labute approximate surface area is 91.7 Å². The highest BCUT2D eigenvalue weighted by Gasteiger charge is 2.24. The smallest absolute Gasteiger partial charge is 0.345 e. The van der Waals surface area contributed by atoms with Crippen molar-refractivity contribution in [2.75, 3.05) is 0 Å². The van der Waals surface area contributed by atoms with Crippen molar-refractivity contribution >= 4 is 5.97 Å². The average molecular weight is 230 g/mol. The lowest BCUT2D eigenvalue weighted by Crippen LogP contribution is -2.32. The van der Waals surface area contributed by atoms with Crippen LogP contribution in [0.5, 0.6) is 5.75 Å². The number of ether oxygens (including phenoxy) is 1. The Morgan fingerprint density at radius 3 is 2.44 bits per heavy atom. The zero-order valence-corrected chi connectivity index (χ0v) is 8.91. The predicted octanol–water partition coefficient (Wildman–Crippen LogP) is 2.45. The lowest BCUT2D eigenvalue weighted by molar-refractivity contribution is -0.147. The fraction of sp³-hybridized carbons (Fsp3) is 0.364. The number of carboxylic acid groups (broad SMARTS) is 1. The van der Waals surface area contributed by atoms with E-state index in [1.54, 1.807) is 13.8 Å². The molecular weight excluding hydrogens is 218 g/mol. The largest absolute Gasteiger partial charge is 0.478 e. The molecule has 0 amide bonds. The van der Waals surface area contributed by atoms with Crippen LogP contribution in [0.3, 0.4) is 0 Å². The molecule has 1 N–H and O–H groups in total. The summed E-state index contributed by atoms with van der Waals surface area (Å²) in [6.45, 7) is 3.28. The molecule has 1 aromatic rings. The van der Waals surface area contributed by atoms with Gasteiger partial charge in [0.1, 0.15) is 5.82 Å². The third kappa shape index (κ3) is 2.92. The Hall–Kier alpha value is -1.65. The van der Waals surface area contributed by atoms with Gasteiger partial charge in [-0.25, -0.2) is 13.6 Å². The van der Waals surface area contributed by atoms with Crippen molar-refractivity contribution < 1.29 is 23.4 Å². The van der Waals surface area contributed by atoms with E-state index < -0.39 is 23.7 Å². The van der Waals surface area contributed by atoms with Crippen molar-refractivity contribution in [3.05, 3.63) is 29.8 Å². The summed E-state index contributed by atoms with van der Waals surface area (Å²) in [5.41, 5.74) is 0. The zero-order chi connectivity index (χ0) is 12.3. The third-order valence-corrected chi connectivity index (χ3v) is 2.00. The fourth-order valence-corrected chi connectivity index (χ4v) is 1.18. The first kappa shape index (κ1) is 12.4. The number of carboxylic acids is 1. The van der Waals surface area contributed by atoms with Gasteiger partial charge in [0, 0.05) is 12.0 Å². The maximum atomic E-state index is 13.2. The van der Waals surface area contributed by atoms with E-state index >= 15 is 0 Å². The highest BCUT2D eigenvalue weighted by molar-refractivity contribution is 5.73. The summed E-state index contributed by atoms with van der Waals surface area (Å²) in [6.07, 6.45) is -1.15. The van der Waals surface area contributed by atoms with Crippen LogP contribution in [-0.4, -0.2) is 17.2 Å². The topological polar surface area (TPSA) is 46.5 Å². The molecule has 0 heterocycles. The standard InChI is InChI=1S/C11H12F2O3/c1-6(2)10(11(14)15)16-9-4-3-7(12)5-8(9)13/h3-6,10H,1-2H3,(H,14,15)/t10-/m1/s1. The van der Waals surface area contributed by atoms with E-state index in [0.29, 0.717) is 6.07 Å². The van der Waals surface area contributed by atoms with Crippen LogP contribution >= 0.6 is 0 Å². The second-order valence-electron chi connectivity index (χ2n) is 3.70. The Bertz CT molecular complexity index is 391. The highest BCUT2D eigenvalue weighted by Crippen LogP contribution is 2.21. The molecule has 0 bridgehead atoms. The predicted molar refractivity (Wildman–Crippen MR) is 53.2 cm³/mol. The summed E-state index contributed by atoms with van der Waals surface area (Å²) in [6, 6.07) is 2.73. The van der Waals surface area contributed by atoms with E-state index in [1.165, 1.54) is 0 Å². The van der Waals surface area contributed by atoms with Crippen LogP contribution in [0.2, 0.25) is 0 Å². The molecule has 16 heavy (non-hydrogen) atoms. The van der Waals surface area contributed by atoms with Crippen LogP contribution in [0.1, 0.15) is 13.8 Å². The first-order valence-corrected chi connectivity index (χ1v) is 4.76. The molecule has 0 unspecified atom stereocenters. The van der Waals surface area contributed by atoms with Crippen LogP contribution in [0.25, 0.3) is 0 Å². The van der Waals surface area contributed by atoms with Crippen molar-refractivity contribution in [3.63, 3.8) is 0 Å². The normalized spacial score (nSPS) is 12.6. The average Bonchev–Trinajstić information content (AvgIpc) is 2.15. The van der Waals surface area contributed by atoms with Gasteiger partial charge in [-0.05, 0) is 12.1 Å². The number of aliphatic carboxylic acids is 1. The van der Waals surface area contributed by atoms with Crippen molar-refractivity contribution in [2.24, 2.45) is 5.92 Å². The number of halogens is 2. The van der Waals surface area contributed by atoms with Gasteiger partial charge in [-0.15, -0.1) is 0 Å². The second kappa shape index (κ2) is 4.92. The molecule has 1 rings (SSSR count). The molecule has 0 radical (unpaired) electrons. The van der Waals surface area contributed by atoms with Crippen molar-refractivity contribution in [2.45, 2.75) is 20.0 Å². The monoisotopic (exact) mass is 230 g/mol. The van der Waals surface area contributed by atoms with Gasteiger partial charge in [-0.2, -0.15) is 0 Å². The van der Waals surface area contributed by atoms with Gasteiger partial charge >= 0.3 is 5.97 Å². The first-order chi connectivity index (χ1) is 7.41. The van der Waals surface area contributed by atoms with Crippen LogP contribution in [-0.2, 0) is 4.79 Å². The van der Waals surface area contributed by atoms with Gasteiger partial charge in [0.15, 0.2) is 17.7 Å². The molecule has 0 aromatic heterocycles. The SMILES string of the molecule is CC(C)[C@@H](Oc1ccc(F)cc1F)C(=O)O. The number of hydrogen-bond acceptors (Lipinski definition) is 2. The molecule has 88 valence electrons. The van der Waals surface area contributed by atoms with Crippen molar-refractivity contribution in [1.29, 1.82) is 0 Å². The van der Waals surface area contributed by atoms with E-state index in [-0.39, 0.29) is 11.7 Å². The minimum atomic E-state index is -1.18. The summed E-state index contributed by atoms with van der Waals surface area (Å²) in [7, 11) is 0. The fourth-order valence-electron chi connectivity index (χ4n) is 1.18. The maximum absolute atomic E-state index is 13.2. The lowest BCUT2D eigenvalue weighted by Gasteiger charge is -2.18. The van der Waals surface area contributed by atoms with Crippen molar-refractivity contribution in [3.8, 4) is 5.75 Å². The molecule has 0 fully saturated rings. The van der Waals surface area contributed by atoms with E-state index in [4.69, 9.17) is 9.84 Å². The molecule has 5 heteroatoms. The van der Waals surface area contributed by atoms with Gasteiger partial charge in [0.05, 0.1) is 0 Å². The molecule has 1 aromatic carbocycles. The van der Waals surface area contributed by atoms with Crippen LogP contribution in [0, 0.1) is 17.6 Å². The molecule has 0 aliphatic heterocycles. The molecule has 1 atom stereocenters. The molecule has 3 nitrogen and oxygen atoms in total. The summed E-state index contributed by atoms with van der Waals surface area (Å²) in [5.74, 6) is -3.41. The molecule has 0 aliphatic carbocycles. The maximum Gasteiger partial charge on any atom is 0.345 e. The minimum Gasteiger partial charge on any atom is -0.478 e. The summed E-state index contributed by atoms with van der Waals surface area (Å²) in [5, 5.41) is 8.83. The number of carbonyl (C=O) groups is 1. The minimum absolute atomic E-state index is 0.262. The number of hydrogen-bond donors (Lipinski definition) is 1. The number of rotatable bonds is 4. The van der Waals surface area contributed by atoms with Gasteiger partial charge in [0.2, 0.25) is 0 Å². The lowest BCUT2D eigenvalue weighted by atomic mass is 10.1. The Kier molecular flexibility index (Phi) is 3.82. The van der Waals surface area contributed by atoms with Gasteiger partial charge < -0.3 is 9.84 Å². The summed E-state index contributed by atoms with van der Waals surface area (Å²) < 4.78 is 30.8. The Morgan fingerprint density at radius 1 is 1.38 bits per heavy atom. The van der Waals surface area contributed by atoms with Crippen LogP contribution in [0.4, 0.5) is 8.78 Å². The Balaban J connectivity index is 2.90. The van der Waals surface area contributed by atoms with E-state index in [2.05, 4.69) is 0 Å². The quantitative estimate of drug-likeness (QED) is 0.864. The molecule has 0 aliphatic rings. The van der Waals surface area contributed by atoms with Crippen LogP contribution < -0.4 is 4.74 Å². The molecular formula is C11H12F2O3. The summed E-state index contributed by atoms with van der Waals surface area (Å²) in [4.78, 5) is 10.8. The second-order valence-corrected chi connectivity index (χ2v) is 3.70. The van der Waals surface area contributed by atoms with E-state index in [0.717, 1.165) is 12.1 Å². The zero-order valence-electron chi connectivity index (χ0n) is 8.91. The highest BCUT2D eigenvalue weighted by atomic mass is 19.1. The van der Waals surface area contributed by atoms with E-state index in [1.807, 2.05) is 0 Å². The van der Waals surface area contributed by atoms with Crippen molar-refractivity contribution in [1.82, 2.24) is 0 Å². The van der Waals surface area contributed by atoms with Gasteiger partial charge in [-0.3, -0.25) is 0 Å². The van der Waals surface area contributed by atoms with E-state index in [9.17, 15) is 13.6 Å². The first-order valence-electron chi connectivity index (χ1n) is 4.76. The summed E-state index contributed by atoms with van der Waals surface area (Å²) >= 11 is 0. The van der Waals surface area contributed by atoms with Gasteiger partial charge in [0.25, 0.3) is 0 Å². The molecule has 0 saturated carbocycles.